The van der Waals surface area contributed by atoms with E-state index in [1.807, 2.05) is 10.9 Å². The molecule has 19 heavy (non-hydrogen) atoms. The van der Waals surface area contributed by atoms with E-state index >= 15 is 0 Å². The van der Waals surface area contributed by atoms with E-state index in [1.54, 1.807) is 0 Å². The third kappa shape index (κ3) is 2.86. The van der Waals surface area contributed by atoms with Gasteiger partial charge in [0, 0.05) is 11.9 Å². The maximum Gasteiger partial charge on any atom is 0.153 e. The van der Waals surface area contributed by atoms with Crippen LogP contribution in [0, 0.1) is 0 Å². The topological polar surface area (TPSA) is 30.7 Å². The summed E-state index contributed by atoms with van der Waals surface area (Å²) in [6.45, 7) is 10.9. The van der Waals surface area contributed by atoms with E-state index in [2.05, 4.69) is 62.9 Å². The molecular formula is C16H23N3. The number of hydrogen-bond acceptors (Lipinski definition) is 2. The molecule has 0 radical (unpaired) electrons. The number of nitrogens with zero attached hydrogens (tertiary/aromatic N) is 3. The summed E-state index contributed by atoms with van der Waals surface area (Å²) in [5, 5.41) is 4.62. The summed E-state index contributed by atoms with van der Waals surface area (Å²) in [6, 6.07) is 6.38. The fourth-order valence-corrected chi connectivity index (χ4v) is 2.05. The summed E-state index contributed by atoms with van der Waals surface area (Å²) < 4.78 is 1.96. The number of hydrogen-bond donors (Lipinski definition) is 0. The summed E-state index contributed by atoms with van der Waals surface area (Å²) in [6.07, 6.45) is 3.89. The number of aryl methyl sites for hydroxylation is 2. The molecule has 0 bridgehead atoms. The van der Waals surface area contributed by atoms with Crippen LogP contribution in [0.15, 0.2) is 24.4 Å². The van der Waals surface area contributed by atoms with Crippen LogP contribution in [0.2, 0.25) is 0 Å². The van der Waals surface area contributed by atoms with E-state index in [4.69, 9.17) is 0 Å². The van der Waals surface area contributed by atoms with Crippen LogP contribution in [0.5, 0.6) is 0 Å². The van der Waals surface area contributed by atoms with E-state index in [-0.39, 0.29) is 5.41 Å². The first-order valence-electron chi connectivity index (χ1n) is 7.00. The first kappa shape index (κ1) is 13.8. The fraction of sp³-hybridized carbons (Fsp3) is 0.500. The van der Waals surface area contributed by atoms with Crippen molar-refractivity contribution in [1.82, 2.24) is 14.8 Å². The molecule has 2 rings (SSSR count). The molecule has 2 aromatic heterocycles. The molecule has 0 aliphatic rings. The van der Waals surface area contributed by atoms with Crippen LogP contribution in [0.4, 0.5) is 0 Å². The van der Waals surface area contributed by atoms with Crippen LogP contribution in [-0.2, 0) is 18.3 Å². The highest BCUT2D eigenvalue weighted by Crippen LogP contribution is 2.22. The first-order chi connectivity index (χ1) is 8.95. The minimum atomic E-state index is 0.137. The highest BCUT2D eigenvalue weighted by atomic mass is 15.3. The van der Waals surface area contributed by atoms with E-state index in [0.717, 1.165) is 24.4 Å². The zero-order valence-electron chi connectivity index (χ0n) is 12.6. The lowest BCUT2D eigenvalue weighted by Crippen LogP contribution is -2.12. The van der Waals surface area contributed by atoms with Crippen LogP contribution in [0.3, 0.4) is 0 Å². The second-order valence-electron chi connectivity index (χ2n) is 5.90. The second-order valence-corrected chi connectivity index (χ2v) is 5.90. The van der Waals surface area contributed by atoms with Gasteiger partial charge in [0.2, 0.25) is 0 Å². The van der Waals surface area contributed by atoms with Gasteiger partial charge in [-0.1, -0.05) is 40.7 Å². The van der Waals surface area contributed by atoms with Crippen LogP contribution in [0.25, 0.3) is 5.82 Å². The highest BCUT2D eigenvalue weighted by Gasteiger charge is 2.15. The van der Waals surface area contributed by atoms with Crippen LogP contribution in [0.1, 0.15) is 51.6 Å². The van der Waals surface area contributed by atoms with E-state index in [0.29, 0.717) is 0 Å². The maximum absolute atomic E-state index is 4.62. The third-order valence-electron chi connectivity index (χ3n) is 3.39. The van der Waals surface area contributed by atoms with Crippen LogP contribution < -0.4 is 0 Å². The molecule has 0 atom stereocenters. The summed E-state index contributed by atoms with van der Waals surface area (Å²) >= 11 is 0. The Morgan fingerprint density at radius 1 is 1.11 bits per heavy atom. The zero-order chi connectivity index (χ0) is 14.0. The SMILES string of the molecule is CCc1cc(CC)n(-c2ccc(C(C)(C)C)cn2)n1. The highest BCUT2D eigenvalue weighted by molar-refractivity contribution is 5.30. The molecular weight excluding hydrogens is 234 g/mol. The number of pyridine rings is 1. The van der Waals surface area contributed by atoms with Gasteiger partial charge in [0.1, 0.15) is 0 Å². The van der Waals surface area contributed by atoms with Crippen molar-refractivity contribution in [2.45, 2.75) is 52.9 Å². The van der Waals surface area contributed by atoms with Gasteiger partial charge >= 0.3 is 0 Å². The predicted molar refractivity (Wildman–Crippen MR) is 78.8 cm³/mol. The molecule has 0 aliphatic carbocycles. The van der Waals surface area contributed by atoms with Gasteiger partial charge in [-0.3, -0.25) is 0 Å². The molecule has 0 saturated heterocycles. The standard InChI is InChI=1S/C16H23N3/c1-6-13-10-14(7-2)19(18-13)15-9-8-12(11-17-15)16(3,4)5/h8-11H,6-7H2,1-5H3. The predicted octanol–water partition coefficient (Wildman–Crippen LogP) is 3.69. The Bertz CT molecular complexity index is 544. The van der Waals surface area contributed by atoms with Gasteiger partial charge in [0.05, 0.1) is 5.69 Å². The van der Waals surface area contributed by atoms with Gasteiger partial charge in [-0.15, -0.1) is 0 Å². The van der Waals surface area contributed by atoms with Crippen molar-refractivity contribution in [3.63, 3.8) is 0 Å². The Hall–Kier alpha value is -1.64. The van der Waals surface area contributed by atoms with Gasteiger partial charge in [0.15, 0.2) is 5.82 Å². The lowest BCUT2D eigenvalue weighted by Gasteiger charge is -2.18. The Labute approximate surface area is 115 Å². The molecule has 0 N–H and O–H groups in total. The van der Waals surface area contributed by atoms with Crippen molar-refractivity contribution in [2.75, 3.05) is 0 Å². The average molecular weight is 257 g/mol. The Morgan fingerprint density at radius 2 is 1.84 bits per heavy atom. The molecule has 0 amide bonds. The van der Waals surface area contributed by atoms with Crippen molar-refractivity contribution >= 4 is 0 Å². The molecule has 2 heterocycles. The van der Waals surface area contributed by atoms with E-state index in [9.17, 15) is 0 Å². The van der Waals surface area contributed by atoms with E-state index < -0.39 is 0 Å². The number of rotatable bonds is 3. The molecule has 0 saturated carbocycles. The lowest BCUT2D eigenvalue weighted by atomic mass is 9.88. The average Bonchev–Trinajstić information content (AvgIpc) is 2.81. The molecule has 0 spiro atoms. The molecule has 0 fully saturated rings. The van der Waals surface area contributed by atoms with Gasteiger partial charge in [-0.2, -0.15) is 5.10 Å². The second kappa shape index (κ2) is 5.16. The monoisotopic (exact) mass is 257 g/mol. The zero-order valence-corrected chi connectivity index (χ0v) is 12.6. The Kier molecular flexibility index (Phi) is 3.74. The molecule has 0 aliphatic heterocycles. The largest absolute Gasteiger partial charge is 0.237 e. The normalized spacial score (nSPS) is 11.8. The van der Waals surface area contributed by atoms with Gasteiger partial charge < -0.3 is 0 Å². The lowest BCUT2D eigenvalue weighted by molar-refractivity contribution is 0.586. The number of aromatic nitrogens is 3. The van der Waals surface area contributed by atoms with Crippen LogP contribution in [-0.4, -0.2) is 14.8 Å². The molecule has 2 aromatic rings. The van der Waals surface area contributed by atoms with Gasteiger partial charge in [-0.25, -0.2) is 9.67 Å². The molecule has 0 aromatic carbocycles. The summed E-state index contributed by atoms with van der Waals surface area (Å²) in [7, 11) is 0. The summed E-state index contributed by atoms with van der Waals surface area (Å²) in [4.78, 5) is 4.57. The summed E-state index contributed by atoms with van der Waals surface area (Å²) in [5.41, 5.74) is 3.72. The maximum atomic E-state index is 4.62. The minimum Gasteiger partial charge on any atom is -0.237 e. The van der Waals surface area contributed by atoms with Crippen molar-refractivity contribution < 1.29 is 0 Å². The third-order valence-corrected chi connectivity index (χ3v) is 3.39. The molecule has 102 valence electrons. The molecule has 3 heteroatoms. The van der Waals surface area contributed by atoms with Crippen LogP contribution >= 0.6 is 0 Å². The van der Waals surface area contributed by atoms with Crippen molar-refractivity contribution in [3.05, 3.63) is 41.3 Å². The van der Waals surface area contributed by atoms with Crippen molar-refractivity contribution in [2.24, 2.45) is 0 Å². The Morgan fingerprint density at radius 3 is 2.32 bits per heavy atom. The van der Waals surface area contributed by atoms with Crippen molar-refractivity contribution in [3.8, 4) is 5.82 Å². The van der Waals surface area contributed by atoms with Crippen molar-refractivity contribution in [1.29, 1.82) is 0 Å². The minimum absolute atomic E-state index is 0.137. The van der Waals surface area contributed by atoms with Gasteiger partial charge in [-0.05, 0) is 36.0 Å². The smallest absolute Gasteiger partial charge is 0.153 e. The van der Waals surface area contributed by atoms with Gasteiger partial charge in [0.25, 0.3) is 0 Å². The quantitative estimate of drug-likeness (QED) is 0.839. The summed E-state index contributed by atoms with van der Waals surface area (Å²) in [5.74, 6) is 0.907. The van der Waals surface area contributed by atoms with E-state index in [1.165, 1.54) is 11.3 Å². The first-order valence-corrected chi connectivity index (χ1v) is 7.00. The molecule has 3 nitrogen and oxygen atoms in total. The fourth-order valence-electron chi connectivity index (χ4n) is 2.05. The Balaban J connectivity index is 2.39. The molecule has 0 unspecified atom stereocenters.